The fourth-order valence-electron chi connectivity index (χ4n) is 5.61. The number of ether oxygens (including phenoxy) is 10. The molecule has 4 aliphatic rings. The molecule has 3 saturated heterocycles. The molecule has 2 aromatic rings. The fraction of sp³-hybridized carbons (Fsp3) is 0.517. The van der Waals surface area contributed by atoms with Gasteiger partial charge in [-0.2, -0.15) is 0 Å². The number of fused-ring (bicyclic) bond motifs is 2. The quantitative estimate of drug-likeness (QED) is 0.527. The van der Waals surface area contributed by atoms with E-state index in [2.05, 4.69) is 0 Å². The number of rotatable bonds is 6. The minimum absolute atomic E-state index is 0.165. The van der Waals surface area contributed by atoms with Gasteiger partial charge in [0.15, 0.2) is 40.7 Å². The van der Waals surface area contributed by atoms with Crippen LogP contribution >= 0.6 is 0 Å². The van der Waals surface area contributed by atoms with E-state index in [0.717, 1.165) is 16.7 Å². The number of hydrogen-bond donors (Lipinski definition) is 0. The first kappa shape index (κ1) is 26.1. The molecule has 2 aromatic carbocycles. The Balaban J connectivity index is 1.55. The van der Waals surface area contributed by atoms with E-state index in [1.54, 1.807) is 21.3 Å². The summed E-state index contributed by atoms with van der Waals surface area (Å²) in [5, 5.41) is 0. The van der Waals surface area contributed by atoms with Crippen LogP contribution in [-0.4, -0.2) is 70.7 Å². The summed E-state index contributed by atoms with van der Waals surface area (Å²) in [6.07, 6.45) is -1.72. The van der Waals surface area contributed by atoms with Crippen molar-refractivity contribution in [2.75, 3.05) is 34.7 Å². The highest BCUT2D eigenvalue weighted by molar-refractivity contribution is 5.85. The zero-order valence-corrected chi connectivity index (χ0v) is 23.2. The lowest BCUT2D eigenvalue weighted by molar-refractivity contribution is -0.187. The lowest BCUT2D eigenvalue weighted by Gasteiger charge is -2.26. The van der Waals surface area contributed by atoms with Crippen molar-refractivity contribution in [3.05, 3.63) is 47.2 Å². The summed E-state index contributed by atoms with van der Waals surface area (Å²) in [6, 6.07) is 9.55. The third-order valence-electron chi connectivity index (χ3n) is 7.23. The van der Waals surface area contributed by atoms with Crippen molar-refractivity contribution >= 4 is 5.57 Å². The first-order valence-corrected chi connectivity index (χ1v) is 12.9. The molecule has 10 heteroatoms. The van der Waals surface area contributed by atoms with Gasteiger partial charge < -0.3 is 47.4 Å². The SMILES string of the molecule is COc1cc(/C(=C2\O[C@@H]([C@H]3COC(C)(C)O3)[C@H]3OC(C)(C)O[C@@H]23)c2ccc3c(c2)OCO3)cc(OC)c1OC. The second kappa shape index (κ2) is 9.48. The van der Waals surface area contributed by atoms with Gasteiger partial charge >= 0.3 is 0 Å². The zero-order chi connectivity index (χ0) is 27.5. The minimum atomic E-state index is -0.827. The second-order valence-corrected chi connectivity index (χ2v) is 10.7. The first-order valence-electron chi connectivity index (χ1n) is 12.9. The van der Waals surface area contributed by atoms with Crippen molar-refractivity contribution in [3.8, 4) is 28.7 Å². The molecule has 4 atom stereocenters. The molecule has 0 saturated carbocycles. The lowest BCUT2D eigenvalue weighted by atomic mass is 9.93. The molecule has 0 aliphatic carbocycles. The number of methoxy groups -OCH3 is 3. The highest BCUT2D eigenvalue weighted by Crippen LogP contribution is 2.50. The predicted molar refractivity (Wildman–Crippen MR) is 138 cm³/mol. The van der Waals surface area contributed by atoms with E-state index in [-0.39, 0.29) is 12.9 Å². The maximum absolute atomic E-state index is 6.73. The van der Waals surface area contributed by atoms with Crippen LogP contribution in [0.4, 0.5) is 0 Å². The van der Waals surface area contributed by atoms with Crippen LogP contribution in [0, 0.1) is 0 Å². The molecule has 0 N–H and O–H groups in total. The maximum Gasteiger partial charge on any atom is 0.231 e. The van der Waals surface area contributed by atoms with Crippen molar-refractivity contribution in [1.82, 2.24) is 0 Å². The molecule has 0 spiro atoms. The van der Waals surface area contributed by atoms with Crippen molar-refractivity contribution in [3.63, 3.8) is 0 Å². The molecule has 10 nitrogen and oxygen atoms in total. The molecule has 6 rings (SSSR count). The number of benzene rings is 2. The fourth-order valence-corrected chi connectivity index (χ4v) is 5.61. The highest BCUT2D eigenvalue weighted by atomic mass is 16.8. The van der Waals surface area contributed by atoms with Crippen molar-refractivity contribution in [2.45, 2.75) is 63.7 Å². The van der Waals surface area contributed by atoms with Crippen LogP contribution in [0.1, 0.15) is 38.8 Å². The zero-order valence-electron chi connectivity index (χ0n) is 23.2. The Morgan fingerprint density at radius 3 is 2.13 bits per heavy atom. The maximum atomic E-state index is 6.73. The van der Waals surface area contributed by atoms with E-state index in [1.165, 1.54) is 0 Å². The molecule has 210 valence electrons. The van der Waals surface area contributed by atoms with Gasteiger partial charge in [-0.3, -0.25) is 0 Å². The summed E-state index contributed by atoms with van der Waals surface area (Å²) in [5.41, 5.74) is 2.37. The summed E-state index contributed by atoms with van der Waals surface area (Å²) >= 11 is 0. The van der Waals surface area contributed by atoms with Gasteiger partial charge in [-0.05, 0) is 63.1 Å². The van der Waals surface area contributed by atoms with Crippen molar-refractivity contribution < 1.29 is 47.4 Å². The van der Waals surface area contributed by atoms with Crippen LogP contribution in [0.25, 0.3) is 5.57 Å². The molecule has 0 radical (unpaired) electrons. The topological polar surface area (TPSA) is 92.3 Å². The van der Waals surface area contributed by atoms with Gasteiger partial charge in [-0.25, -0.2) is 0 Å². The monoisotopic (exact) mass is 542 g/mol. The van der Waals surface area contributed by atoms with Crippen LogP contribution in [-0.2, 0) is 23.7 Å². The molecule has 3 fully saturated rings. The molecule has 4 aliphatic heterocycles. The molecule has 4 heterocycles. The standard InChI is InChI=1S/C29H34O10/c1-28(2)35-13-21(37-28)24-26-27(39-29(3,4)38-26)25(36-24)22(15-8-9-17-18(10-15)34-14-33-17)16-11-19(30-5)23(32-7)20(12-16)31-6/h8-12,21,24,26-27H,13-14H2,1-7H3/b25-22-/t21-,24+,26-,27+/m1/s1. The van der Waals surface area contributed by atoms with Crippen LogP contribution in [0.15, 0.2) is 36.1 Å². The minimum Gasteiger partial charge on any atom is -0.493 e. The van der Waals surface area contributed by atoms with Gasteiger partial charge in [0.2, 0.25) is 12.5 Å². The lowest BCUT2D eigenvalue weighted by Crippen LogP contribution is -2.40. The molecule has 0 aromatic heterocycles. The van der Waals surface area contributed by atoms with Gasteiger partial charge in [0.25, 0.3) is 0 Å². The summed E-state index contributed by atoms with van der Waals surface area (Å²) < 4.78 is 59.9. The molecule has 0 bridgehead atoms. The van der Waals surface area contributed by atoms with E-state index in [4.69, 9.17) is 47.4 Å². The third-order valence-corrected chi connectivity index (χ3v) is 7.23. The largest absolute Gasteiger partial charge is 0.493 e. The van der Waals surface area contributed by atoms with Crippen LogP contribution in [0.2, 0.25) is 0 Å². The average molecular weight is 543 g/mol. The Hall–Kier alpha value is -3.18. The van der Waals surface area contributed by atoms with Crippen molar-refractivity contribution in [1.29, 1.82) is 0 Å². The Morgan fingerprint density at radius 2 is 1.49 bits per heavy atom. The molecule has 39 heavy (non-hydrogen) atoms. The van der Waals surface area contributed by atoms with Crippen molar-refractivity contribution in [2.24, 2.45) is 0 Å². The Bertz CT molecular complexity index is 1270. The highest BCUT2D eigenvalue weighted by Gasteiger charge is 2.58. The second-order valence-electron chi connectivity index (χ2n) is 10.7. The van der Waals surface area contributed by atoms with E-state index >= 15 is 0 Å². The van der Waals surface area contributed by atoms with E-state index in [9.17, 15) is 0 Å². The summed E-state index contributed by atoms with van der Waals surface area (Å²) in [6.45, 7) is 8.12. The molecule has 0 unspecified atom stereocenters. The molecular weight excluding hydrogens is 508 g/mol. The van der Waals surface area contributed by atoms with Crippen LogP contribution < -0.4 is 23.7 Å². The van der Waals surface area contributed by atoms with Gasteiger partial charge in [0.1, 0.15) is 24.1 Å². The normalized spacial score (nSPS) is 29.1. The third kappa shape index (κ3) is 4.55. The molecule has 0 amide bonds. The Kier molecular flexibility index (Phi) is 6.33. The van der Waals surface area contributed by atoms with Gasteiger partial charge in [-0.15, -0.1) is 0 Å². The molecular formula is C29H34O10. The first-order chi connectivity index (χ1) is 18.6. The van der Waals surface area contributed by atoms with Gasteiger partial charge in [-0.1, -0.05) is 6.07 Å². The van der Waals surface area contributed by atoms with E-state index in [1.807, 2.05) is 58.0 Å². The summed E-state index contributed by atoms with van der Waals surface area (Å²) in [5.74, 6) is 1.89. The Labute approximate surface area is 227 Å². The average Bonchev–Trinajstić information content (AvgIpc) is 3.66. The van der Waals surface area contributed by atoms with E-state index < -0.39 is 29.9 Å². The summed E-state index contributed by atoms with van der Waals surface area (Å²) in [7, 11) is 4.74. The van der Waals surface area contributed by atoms with Gasteiger partial charge in [0, 0.05) is 5.57 Å². The summed E-state index contributed by atoms with van der Waals surface area (Å²) in [4.78, 5) is 0. The van der Waals surface area contributed by atoms with Crippen LogP contribution in [0.3, 0.4) is 0 Å². The Morgan fingerprint density at radius 1 is 0.769 bits per heavy atom. The smallest absolute Gasteiger partial charge is 0.231 e. The number of hydrogen-bond acceptors (Lipinski definition) is 10. The van der Waals surface area contributed by atoms with E-state index in [0.29, 0.717) is 41.1 Å². The van der Waals surface area contributed by atoms with Crippen LogP contribution in [0.5, 0.6) is 28.7 Å². The predicted octanol–water partition coefficient (Wildman–Crippen LogP) is 4.27. The van der Waals surface area contributed by atoms with Gasteiger partial charge in [0.05, 0.1) is 27.9 Å².